The molecule has 2 aromatic rings. The molecule has 1 saturated heterocycles. The van der Waals surface area contributed by atoms with Gasteiger partial charge in [0, 0.05) is 32.7 Å². The molecule has 0 spiro atoms. The number of halogens is 1. The van der Waals surface area contributed by atoms with E-state index in [1.54, 1.807) is 12.1 Å². The standard InChI is InChI=1S/C22H25FN2O/c1-2-12-24-13-15-25(16-14-24)17-18-26-22(19-6-4-3-5-7-19)20-8-10-21(23)11-9-20/h1,3-11,22H,12-18H2. The van der Waals surface area contributed by atoms with Gasteiger partial charge in [0.25, 0.3) is 0 Å². The molecule has 2 aromatic carbocycles. The van der Waals surface area contributed by atoms with Gasteiger partial charge in [0.15, 0.2) is 0 Å². The number of hydrogen-bond acceptors (Lipinski definition) is 3. The maximum absolute atomic E-state index is 13.3. The first kappa shape index (κ1) is 18.6. The van der Waals surface area contributed by atoms with E-state index >= 15 is 0 Å². The van der Waals surface area contributed by atoms with E-state index in [0.29, 0.717) is 6.61 Å². The summed E-state index contributed by atoms with van der Waals surface area (Å²) in [6.07, 6.45) is 5.20. The second-order valence-corrected chi connectivity index (χ2v) is 6.53. The van der Waals surface area contributed by atoms with Crippen molar-refractivity contribution in [1.29, 1.82) is 0 Å². The number of benzene rings is 2. The molecule has 0 bridgehead atoms. The van der Waals surface area contributed by atoms with Crippen molar-refractivity contribution in [3.05, 3.63) is 71.5 Å². The highest BCUT2D eigenvalue weighted by Crippen LogP contribution is 2.26. The van der Waals surface area contributed by atoms with Gasteiger partial charge in [-0.1, -0.05) is 48.4 Å². The Bertz CT molecular complexity index is 703. The highest BCUT2D eigenvalue weighted by molar-refractivity contribution is 5.30. The molecule has 0 N–H and O–H groups in total. The second kappa shape index (κ2) is 9.49. The molecule has 0 saturated carbocycles. The zero-order chi connectivity index (χ0) is 18.2. The molecule has 0 aliphatic carbocycles. The minimum atomic E-state index is -0.231. The molecular weight excluding hydrogens is 327 g/mol. The molecule has 3 rings (SSSR count). The molecule has 1 aliphatic rings. The van der Waals surface area contributed by atoms with E-state index in [1.165, 1.54) is 12.1 Å². The third kappa shape index (κ3) is 5.15. The lowest BCUT2D eigenvalue weighted by molar-refractivity contribution is 0.0469. The monoisotopic (exact) mass is 352 g/mol. The summed E-state index contributed by atoms with van der Waals surface area (Å²) in [6.45, 7) is 6.27. The van der Waals surface area contributed by atoms with Gasteiger partial charge in [-0.15, -0.1) is 6.42 Å². The fraction of sp³-hybridized carbons (Fsp3) is 0.364. The summed E-state index contributed by atoms with van der Waals surface area (Å²) in [5, 5.41) is 0. The lowest BCUT2D eigenvalue weighted by atomic mass is 10.0. The SMILES string of the molecule is C#CCN1CCN(CCOC(c2ccccc2)c2ccc(F)cc2)CC1. The average Bonchev–Trinajstić information content (AvgIpc) is 2.68. The minimum absolute atomic E-state index is 0.181. The first-order chi connectivity index (χ1) is 12.8. The van der Waals surface area contributed by atoms with Crippen molar-refractivity contribution in [1.82, 2.24) is 9.80 Å². The molecule has 1 aliphatic heterocycles. The van der Waals surface area contributed by atoms with Gasteiger partial charge in [0.2, 0.25) is 0 Å². The van der Waals surface area contributed by atoms with Crippen LogP contribution >= 0.6 is 0 Å². The molecule has 3 nitrogen and oxygen atoms in total. The zero-order valence-corrected chi connectivity index (χ0v) is 15.0. The Morgan fingerprint density at radius 2 is 1.54 bits per heavy atom. The highest BCUT2D eigenvalue weighted by Gasteiger charge is 2.18. The molecular formula is C22H25FN2O. The van der Waals surface area contributed by atoms with Crippen LogP contribution in [0, 0.1) is 18.2 Å². The third-order valence-electron chi connectivity index (χ3n) is 4.75. The summed E-state index contributed by atoms with van der Waals surface area (Å²) >= 11 is 0. The van der Waals surface area contributed by atoms with Gasteiger partial charge in [0.1, 0.15) is 11.9 Å². The van der Waals surface area contributed by atoms with Gasteiger partial charge in [-0.05, 0) is 23.3 Å². The molecule has 0 aromatic heterocycles. The van der Waals surface area contributed by atoms with Crippen molar-refractivity contribution < 1.29 is 9.13 Å². The summed E-state index contributed by atoms with van der Waals surface area (Å²) < 4.78 is 19.5. The second-order valence-electron chi connectivity index (χ2n) is 6.53. The van der Waals surface area contributed by atoms with E-state index < -0.39 is 0 Å². The van der Waals surface area contributed by atoms with Crippen LogP contribution in [0.3, 0.4) is 0 Å². The molecule has 1 atom stereocenters. The average molecular weight is 352 g/mol. The normalized spacial score (nSPS) is 16.9. The highest BCUT2D eigenvalue weighted by atomic mass is 19.1. The Balaban J connectivity index is 1.57. The van der Waals surface area contributed by atoms with Crippen molar-refractivity contribution in [2.45, 2.75) is 6.10 Å². The molecule has 0 radical (unpaired) electrons. The van der Waals surface area contributed by atoms with Crippen LogP contribution < -0.4 is 0 Å². The van der Waals surface area contributed by atoms with E-state index in [2.05, 4.69) is 15.7 Å². The van der Waals surface area contributed by atoms with E-state index in [-0.39, 0.29) is 11.9 Å². The Kier molecular flexibility index (Phi) is 6.79. The number of nitrogens with zero attached hydrogens (tertiary/aromatic N) is 2. The summed E-state index contributed by atoms with van der Waals surface area (Å²) in [5.74, 6) is 2.48. The number of terminal acetylenes is 1. The number of rotatable bonds is 7. The van der Waals surface area contributed by atoms with Gasteiger partial charge in [0.05, 0.1) is 13.2 Å². The van der Waals surface area contributed by atoms with Crippen molar-refractivity contribution in [2.75, 3.05) is 45.9 Å². The van der Waals surface area contributed by atoms with E-state index in [9.17, 15) is 4.39 Å². The lowest BCUT2D eigenvalue weighted by Crippen LogP contribution is -2.47. The van der Waals surface area contributed by atoms with Crippen molar-refractivity contribution >= 4 is 0 Å². The quantitative estimate of drug-likeness (QED) is 0.712. The van der Waals surface area contributed by atoms with Crippen LogP contribution in [0.2, 0.25) is 0 Å². The smallest absolute Gasteiger partial charge is 0.123 e. The summed E-state index contributed by atoms with van der Waals surface area (Å²) in [7, 11) is 0. The van der Waals surface area contributed by atoms with Crippen molar-refractivity contribution in [3.63, 3.8) is 0 Å². The summed E-state index contributed by atoms with van der Waals surface area (Å²) in [6, 6.07) is 16.6. The molecule has 0 amide bonds. The van der Waals surface area contributed by atoms with Gasteiger partial charge >= 0.3 is 0 Å². The molecule has 4 heteroatoms. The number of piperazine rings is 1. The largest absolute Gasteiger partial charge is 0.367 e. The first-order valence-corrected chi connectivity index (χ1v) is 9.06. The number of hydrogen-bond donors (Lipinski definition) is 0. The van der Waals surface area contributed by atoms with Crippen LogP contribution in [0.5, 0.6) is 0 Å². The third-order valence-corrected chi connectivity index (χ3v) is 4.75. The fourth-order valence-electron chi connectivity index (χ4n) is 3.25. The van der Waals surface area contributed by atoms with Crippen LogP contribution in [-0.2, 0) is 4.74 Å². The van der Waals surface area contributed by atoms with Crippen LogP contribution in [0.15, 0.2) is 54.6 Å². The van der Waals surface area contributed by atoms with Crippen molar-refractivity contribution in [3.8, 4) is 12.3 Å². The van der Waals surface area contributed by atoms with E-state index in [1.807, 2.05) is 30.3 Å². The zero-order valence-electron chi connectivity index (χ0n) is 15.0. The Labute approximate surface area is 155 Å². The van der Waals surface area contributed by atoms with Crippen LogP contribution in [0.25, 0.3) is 0 Å². The van der Waals surface area contributed by atoms with Crippen LogP contribution in [0.1, 0.15) is 17.2 Å². The van der Waals surface area contributed by atoms with Crippen LogP contribution in [-0.4, -0.2) is 55.7 Å². The number of ether oxygens (including phenoxy) is 1. The predicted molar refractivity (Wildman–Crippen MR) is 102 cm³/mol. The van der Waals surface area contributed by atoms with Gasteiger partial charge < -0.3 is 4.74 Å². The Morgan fingerprint density at radius 1 is 0.923 bits per heavy atom. The molecule has 1 unspecified atom stereocenters. The first-order valence-electron chi connectivity index (χ1n) is 9.06. The minimum Gasteiger partial charge on any atom is -0.367 e. The molecule has 1 fully saturated rings. The van der Waals surface area contributed by atoms with Crippen LogP contribution in [0.4, 0.5) is 4.39 Å². The molecule has 136 valence electrons. The topological polar surface area (TPSA) is 15.7 Å². The molecule has 26 heavy (non-hydrogen) atoms. The predicted octanol–water partition coefficient (Wildman–Crippen LogP) is 3.18. The summed E-state index contributed by atoms with van der Waals surface area (Å²) in [5.41, 5.74) is 2.05. The molecule has 1 heterocycles. The van der Waals surface area contributed by atoms with Gasteiger partial charge in [-0.3, -0.25) is 9.80 Å². The van der Waals surface area contributed by atoms with Gasteiger partial charge in [-0.25, -0.2) is 4.39 Å². The lowest BCUT2D eigenvalue weighted by Gasteiger charge is -2.33. The van der Waals surface area contributed by atoms with E-state index in [0.717, 1.165) is 50.4 Å². The Morgan fingerprint density at radius 3 is 2.19 bits per heavy atom. The Hall–Kier alpha value is -2.19. The summed E-state index contributed by atoms with van der Waals surface area (Å²) in [4.78, 5) is 4.70. The maximum Gasteiger partial charge on any atom is 0.123 e. The van der Waals surface area contributed by atoms with E-state index in [4.69, 9.17) is 11.2 Å². The maximum atomic E-state index is 13.3. The fourth-order valence-corrected chi connectivity index (χ4v) is 3.25. The van der Waals surface area contributed by atoms with Crippen molar-refractivity contribution in [2.24, 2.45) is 0 Å². The van der Waals surface area contributed by atoms with Gasteiger partial charge in [-0.2, -0.15) is 0 Å².